The molecule has 28 heavy (non-hydrogen) atoms. The molecule has 0 aromatic heterocycles. The molecule has 2 bridgehead atoms. The van der Waals surface area contributed by atoms with Gasteiger partial charge in [-0.1, -0.05) is 6.92 Å². The fraction of sp³-hybridized carbons (Fsp3) is 0.833. The summed E-state index contributed by atoms with van der Waals surface area (Å²) in [6.07, 6.45) is -6.63. The predicted octanol–water partition coefficient (Wildman–Crippen LogP) is 3.08. The van der Waals surface area contributed by atoms with Crippen molar-refractivity contribution >= 4 is 17.9 Å². The van der Waals surface area contributed by atoms with Crippen LogP contribution >= 0.6 is 0 Å². The number of halogens is 4. The molecule has 0 radical (unpaired) electrons. The second-order valence-corrected chi connectivity index (χ2v) is 8.56. The van der Waals surface area contributed by atoms with E-state index < -0.39 is 64.8 Å². The topological polar surface area (TPSA) is 78.9 Å². The van der Waals surface area contributed by atoms with Crippen molar-refractivity contribution < 1.29 is 46.2 Å². The molecule has 3 rings (SSSR count). The number of alkyl halides is 4. The SMILES string of the molecule is CCC(C)(C)C(=O)OC1C2CC3C1OC(=O)C3(C(=O)OC(C)(F)C(F)(F)F)C2. The number of hydrogen-bond acceptors (Lipinski definition) is 6. The van der Waals surface area contributed by atoms with Gasteiger partial charge in [-0.3, -0.25) is 14.4 Å². The van der Waals surface area contributed by atoms with Crippen molar-refractivity contribution in [3.63, 3.8) is 0 Å². The summed E-state index contributed by atoms with van der Waals surface area (Å²) < 4.78 is 66.8. The van der Waals surface area contributed by atoms with Crippen molar-refractivity contribution in [3.8, 4) is 0 Å². The van der Waals surface area contributed by atoms with Crippen LogP contribution in [-0.4, -0.2) is 42.1 Å². The molecular formula is C18H22F4O6. The largest absolute Gasteiger partial charge is 0.460 e. The first-order valence-corrected chi connectivity index (χ1v) is 9.08. The minimum Gasteiger partial charge on any atom is -0.458 e. The molecule has 6 nitrogen and oxygen atoms in total. The highest BCUT2D eigenvalue weighted by molar-refractivity contribution is 6.03. The van der Waals surface area contributed by atoms with Crippen molar-refractivity contribution in [2.24, 2.45) is 22.7 Å². The third-order valence-corrected chi connectivity index (χ3v) is 6.40. The molecular weight excluding hydrogens is 388 g/mol. The summed E-state index contributed by atoms with van der Waals surface area (Å²) >= 11 is 0. The van der Waals surface area contributed by atoms with E-state index in [-0.39, 0.29) is 19.8 Å². The number of hydrogen-bond donors (Lipinski definition) is 0. The van der Waals surface area contributed by atoms with Crippen molar-refractivity contribution in [1.29, 1.82) is 0 Å². The fourth-order valence-electron chi connectivity index (χ4n) is 4.18. The first-order valence-electron chi connectivity index (χ1n) is 9.08. The van der Waals surface area contributed by atoms with Crippen LogP contribution in [0.3, 0.4) is 0 Å². The standard InChI is InChI=1S/C18H22F4O6/c1-5-15(2,3)12(23)26-10-8-6-9-11(10)27-13(24)17(9,7-8)14(25)28-16(4,19)18(20,21)22/h8-11H,5-7H2,1-4H3. The van der Waals surface area contributed by atoms with Gasteiger partial charge in [-0.25, -0.2) is 0 Å². The number of ether oxygens (including phenoxy) is 3. The summed E-state index contributed by atoms with van der Waals surface area (Å²) in [4.78, 5) is 37.2. The minimum absolute atomic E-state index is 0.0733. The molecule has 0 N–H and O–H groups in total. The smallest absolute Gasteiger partial charge is 0.458 e. The molecule has 1 saturated heterocycles. The predicted molar refractivity (Wildman–Crippen MR) is 84.1 cm³/mol. The normalized spacial score (nSPS) is 36.1. The van der Waals surface area contributed by atoms with Crippen LogP contribution in [0.15, 0.2) is 0 Å². The van der Waals surface area contributed by atoms with Gasteiger partial charge in [0.25, 0.3) is 0 Å². The number of rotatable bonds is 5. The molecule has 3 aliphatic rings. The zero-order valence-corrected chi connectivity index (χ0v) is 15.9. The van der Waals surface area contributed by atoms with Crippen LogP contribution in [0.5, 0.6) is 0 Å². The molecule has 6 atom stereocenters. The van der Waals surface area contributed by atoms with E-state index in [0.29, 0.717) is 6.42 Å². The molecule has 6 unspecified atom stereocenters. The summed E-state index contributed by atoms with van der Waals surface area (Å²) in [5.41, 5.74) is -2.75. The van der Waals surface area contributed by atoms with Gasteiger partial charge in [0.1, 0.15) is 12.2 Å². The van der Waals surface area contributed by atoms with Gasteiger partial charge in [0.15, 0.2) is 5.41 Å². The van der Waals surface area contributed by atoms with Crippen LogP contribution in [0.25, 0.3) is 0 Å². The average molecular weight is 410 g/mol. The summed E-state index contributed by atoms with van der Waals surface area (Å²) in [6, 6.07) is 0. The average Bonchev–Trinajstić information content (AvgIpc) is 3.15. The van der Waals surface area contributed by atoms with Crippen LogP contribution in [0.4, 0.5) is 17.6 Å². The van der Waals surface area contributed by atoms with Gasteiger partial charge in [0.05, 0.1) is 5.41 Å². The van der Waals surface area contributed by atoms with Gasteiger partial charge in [-0.2, -0.15) is 17.6 Å². The quantitative estimate of drug-likeness (QED) is 0.300. The van der Waals surface area contributed by atoms with Crippen molar-refractivity contribution in [2.75, 3.05) is 0 Å². The van der Waals surface area contributed by atoms with Gasteiger partial charge in [-0.05, 0) is 33.1 Å². The summed E-state index contributed by atoms with van der Waals surface area (Å²) in [7, 11) is 0. The van der Waals surface area contributed by atoms with E-state index in [2.05, 4.69) is 4.74 Å². The number of carbonyl (C=O) groups excluding carboxylic acids is 3. The molecule has 10 heteroatoms. The lowest BCUT2D eigenvalue weighted by molar-refractivity contribution is -0.315. The molecule has 158 valence electrons. The Morgan fingerprint density at radius 3 is 2.36 bits per heavy atom. The van der Waals surface area contributed by atoms with Crippen LogP contribution in [0, 0.1) is 22.7 Å². The Balaban J connectivity index is 1.80. The Kier molecular flexibility index (Phi) is 4.51. The van der Waals surface area contributed by atoms with Crippen LogP contribution in [0.1, 0.15) is 47.0 Å². The lowest BCUT2D eigenvalue weighted by Gasteiger charge is -2.33. The van der Waals surface area contributed by atoms with E-state index in [9.17, 15) is 31.9 Å². The maximum Gasteiger partial charge on any atom is 0.460 e. The van der Waals surface area contributed by atoms with Crippen molar-refractivity contribution in [1.82, 2.24) is 0 Å². The molecule has 2 aliphatic carbocycles. The maximum absolute atomic E-state index is 13.8. The Hall–Kier alpha value is -1.87. The molecule has 3 fully saturated rings. The van der Waals surface area contributed by atoms with E-state index >= 15 is 0 Å². The Bertz CT molecular complexity index is 715. The highest BCUT2D eigenvalue weighted by Gasteiger charge is 2.76. The Labute approximate surface area is 158 Å². The molecule has 0 aromatic carbocycles. The van der Waals surface area contributed by atoms with Crippen molar-refractivity contribution in [3.05, 3.63) is 0 Å². The second-order valence-electron chi connectivity index (χ2n) is 8.56. The van der Waals surface area contributed by atoms with E-state index in [1.54, 1.807) is 13.8 Å². The molecule has 0 aromatic rings. The monoisotopic (exact) mass is 410 g/mol. The maximum atomic E-state index is 13.8. The molecule has 1 heterocycles. The number of carbonyl (C=O) groups is 3. The summed E-state index contributed by atoms with van der Waals surface area (Å²) in [5, 5.41) is 0. The van der Waals surface area contributed by atoms with Gasteiger partial charge < -0.3 is 14.2 Å². The first kappa shape index (κ1) is 20.9. The minimum atomic E-state index is -5.44. The summed E-state index contributed by atoms with van der Waals surface area (Å²) in [6.45, 7) is 5.28. The van der Waals surface area contributed by atoms with E-state index in [1.807, 2.05) is 6.92 Å². The van der Waals surface area contributed by atoms with Crippen molar-refractivity contribution in [2.45, 2.75) is 71.2 Å². The van der Waals surface area contributed by atoms with Gasteiger partial charge in [0.2, 0.25) is 0 Å². The summed E-state index contributed by atoms with van der Waals surface area (Å²) in [5.74, 6) is -8.63. The molecule has 0 amide bonds. The lowest BCUT2D eigenvalue weighted by atomic mass is 9.73. The van der Waals surface area contributed by atoms with E-state index in [1.165, 1.54) is 0 Å². The fourth-order valence-corrected chi connectivity index (χ4v) is 4.18. The highest BCUT2D eigenvalue weighted by atomic mass is 19.4. The molecule has 0 spiro atoms. The van der Waals surface area contributed by atoms with Gasteiger partial charge in [-0.15, -0.1) is 0 Å². The van der Waals surface area contributed by atoms with E-state index in [4.69, 9.17) is 9.47 Å². The van der Waals surface area contributed by atoms with Crippen LogP contribution in [0.2, 0.25) is 0 Å². The van der Waals surface area contributed by atoms with Gasteiger partial charge >= 0.3 is 29.9 Å². The zero-order chi connectivity index (χ0) is 21.3. The number of esters is 3. The molecule has 2 saturated carbocycles. The lowest BCUT2D eigenvalue weighted by Crippen LogP contribution is -2.51. The second kappa shape index (κ2) is 6.06. The molecule has 1 aliphatic heterocycles. The zero-order valence-electron chi connectivity index (χ0n) is 15.9. The Morgan fingerprint density at radius 2 is 1.82 bits per heavy atom. The highest BCUT2D eigenvalue weighted by Crippen LogP contribution is 2.63. The third kappa shape index (κ3) is 2.78. The van der Waals surface area contributed by atoms with Crippen LogP contribution in [-0.2, 0) is 28.6 Å². The Morgan fingerprint density at radius 1 is 1.21 bits per heavy atom. The van der Waals surface area contributed by atoms with Crippen LogP contribution < -0.4 is 0 Å². The number of fused-ring (bicyclic) bond motifs is 1. The first-order chi connectivity index (χ1) is 12.7. The van der Waals surface area contributed by atoms with Gasteiger partial charge in [0, 0.05) is 18.8 Å². The van der Waals surface area contributed by atoms with E-state index in [0.717, 1.165) is 0 Å². The third-order valence-electron chi connectivity index (χ3n) is 6.40.